The monoisotopic (exact) mass is 322 g/mol. The lowest BCUT2D eigenvalue weighted by Crippen LogP contribution is -2.47. The molecule has 2 aromatic rings. The number of carbonyl (C=O) groups is 1. The van der Waals surface area contributed by atoms with E-state index in [1.807, 2.05) is 17.0 Å². The molecular formula is C14H15ClN4OS. The van der Waals surface area contributed by atoms with Crippen molar-refractivity contribution in [3.05, 3.63) is 35.0 Å². The van der Waals surface area contributed by atoms with Crippen LogP contribution in [-0.4, -0.2) is 58.5 Å². The fourth-order valence-corrected chi connectivity index (χ4v) is 3.07. The summed E-state index contributed by atoms with van der Waals surface area (Å²) >= 11 is 7.14. The maximum absolute atomic E-state index is 12.6. The number of hydrogen-bond donors (Lipinski definition) is 0. The summed E-state index contributed by atoms with van der Waals surface area (Å²) < 4.78 is 3.95. The van der Waals surface area contributed by atoms with Crippen LogP contribution in [-0.2, 0) is 0 Å². The smallest absolute Gasteiger partial charge is 0.276 e. The first-order chi connectivity index (χ1) is 10.1. The van der Waals surface area contributed by atoms with Gasteiger partial charge in [0.2, 0.25) is 0 Å². The van der Waals surface area contributed by atoms with Crippen LogP contribution < -0.4 is 0 Å². The molecule has 0 aliphatic carbocycles. The molecule has 1 aliphatic heterocycles. The quantitative estimate of drug-likeness (QED) is 0.851. The van der Waals surface area contributed by atoms with Crippen LogP contribution in [0.3, 0.4) is 0 Å². The van der Waals surface area contributed by atoms with Gasteiger partial charge in [-0.25, -0.2) is 0 Å². The molecule has 1 fully saturated rings. The highest BCUT2D eigenvalue weighted by molar-refractivity contribution is 7.09. The van der Waals surface area contributed by atoms with Gasteiger partial charge in [0.1, 0.15) is 0 Å². The summed E-state index contributed by atoms with van der Waals surface area (Å²) in [6, 6.07) is 7.39. The van der Waals surface area contributed by atoms with Crippen molar-refractivity contribution in [2.24, 2.45) is 0 Å². The van der Waals surface area contributed by atoms with Crippen LogP contribution >= 0.6 is 23.1 Å². The number of nitrogens with zero attached hydrogens (tertiary/aromatic N) is 4. The maximum Gasteiger partial charge on any atom is 0.276 e. The Balaban J connectivity index is 1.85. The van der Waals surface area contributed by atoms with Gasteiger partial charge in [-0.05, 0) is 36.3 Å². The summed E-state index contributed by atoms with van der Waals surface area (Å²) in [6.45, 7) is 3.24. The summed E-state index contributed by atoms with van der Waals surface area (Å²) in [5.41, 5.74) is 1.36. The summed E-state index contributed by atoms with van der Waals surface area (Å²) in [4.78, 5) is 17.5. The van der Waals surface area contributed by atoms with Crippen LogP contribution in [0.4, 0.5) is 0 Å². The van der Waals surface area contributed by atoms with Gasteiger partial charge >= 0.3 is 0 Å². The third-order valence-corrected chi connectivity index (χ3v) is 4.61. The van der Waals surface area contributed by atoms with Crippen molar-refractivity contribution in [2.75, 3.05) is 33.2 Å². The third kappa shape index (κ3) is 3.07. The molecule has 1 saturated heterocycles. The number of hydrogen-bond acceptors (Lipinski definition) is 5. The van der Waals surface area contributed by atoms with E-state index in [4.69, 9.17) is 11.6 Å². The fraction of sp³-hybridized carbons (Fsp3) is 0.357. The first-order valence-corrected chi connectivity index (χ1v) is 7.86. The molecule has 3 rings (SSSR count). The zero-order valence-corrected chi connectivity index (χ0v) is 13.2. The zero-order valence-electron chi connectivity index (χ0n) is 11.6. The van der Waals surface area contributed by atoms with Gasteiger partial charge in [-0.2, -0.15) is 0 Å². The zero-order chi connectivity index (χ0) is 14.8. The average Bonchev–Trinajstić information content (AvgIpc) is 2.97. The Morgan fingerprint density at radius 2 is 1.86 bits per heavy atom. The average molecular weight is 323 g/mol. The first kappa shape index (κ1) is 14.4. The highest BCUT2D eigenvalue weighted by atomic mass is 35.5. The van der Waals surface area contributed by atoms with E-state index in [9.17, 15) is 4.79 Å². The van der Waals surface area contributed by atoms with E-state index < -0.39 is 0 Å². The molecule has 0 radical (unpaired) electrons. The Hall–Kier alpha value is -1.50. The van der Waals surface area contributed by atoms with E-state index >= 15 is 0 Å². The Morgan fingerprint density at radius 3 is 2.52 bits per heavy atom. The second kappa shape index (κ2) is 6.09. The number of amides is 1. The number of rotatable bonds is 2. The van der Waals surface area contributed by atoms with E-state index in [0.29, 0.717) is 10.7 Å². The van der Waals surface area contributed by atoms with Gasteiger partial charge in [-0.1, -0.05) is 28.2 Å². The Morgan fingerprint density at radius 1 is 1.19 bits per heavy atom. The molecule has 0 atom stereocenters. The highest BCUT2D eigenvalue weighted by Gasteiger charge is 2.25. The Kier molecular flexibility index (Phi) is 4.19. The van der Waals surface area contributed by atoms with Gasteiger partial charge in [0.15, 0.2) is 5.69 Å². The maximum atomic E-state index is 12.6. The first-order valence-electron chi connectivity index (χ1n) is 6.71. The molecule has 0 bridgehead atoms. The molecule has 1 amide bonds. The SMILES string of the molecule is CN1CCN(C(=O)c2nnsc2-c2ccc(Cl)cc2)CC1. The number of piperazine rings is 1. The normalized spacial score (nSPS) is 16.2. The van der Waals surface area contributed by atoms with E-state index in [0.717, 1.165) is 36.6 Å². The van der Waals surface area contributed by atoms with Crippen LogP contribution in [0.15, 0.2) is 24.3 Å². The highest BCUT2D eigenvalue weighted by Crippen LogP contribution is 2.28. The molecule has 2 heterocycles. The molecule has 0 spiro atoms. The van der Waals surface area contributed by atoms with Gasteiger partial charge in [0, 0.05) is 31.2 Å². The number of aromatic nitrogens is 2. The number of carbonyl (C=O) groups excluding carboxylic acids is 1. The number of likely N-dealkylation sites (N-methyl/N-ethyl adjacent to an activating group) is 1. The summed E-state index contributed by atoms with van der Waals surface area (Å²) in [6.07, 6.45) is 0. The lowest BCUT2D eigenvalue weighted by Gasteiger charge is -2.32. The summed E-state index contributed by atoms with van der Waals surface area (Å²) in [5.74, 6) is -0.0400. The second-order valence-electron chi connectivity index (χ2n) is 5.05. The minimum Gasteiger partial charge on any atom is -0.335 e. The van der Waals surface area contributed by atoms with Gasteiger partial charge in [0.25, 0.3) is 5.91 Å². The van der Waals surface area contributed by atoms with Crippen LogP contribution in [0.1, 0.15) is 10.5 Å². The largest absolute Gasteiger partial charge is 0.335 e. The van der Waals surface area contributed by atoms with Gasteiger partial charge in [-0.15, -0.1) is 5.10 Å². The van der Waals surface area contributed by atoms with Crippen molar-refractivity contribution in [3.8, 4) is 10.4 Å². The topological polar surface area (TPSA) is 49.3 Å². The molecule has 5 nitrogen and oxygen atoms in total. The van der Waals surface area contributed by atoms with Crippen molar-refractivity contribution in [1.29, 1.82) is 0 Å². The van der Waals surface area contributed by atoms with Gasteiger partial charge in [-0.3, -0.25) is 4.79 Å². The van der Waals surface area contributed by atoms with Crippen LogP contribution in [0.2, 0.25) is 5.02 Å². The van der Waals surface area contributed by atoms with Crippen molar-refractivity contribution in [3.63, 3.8) is 0 Å². The van der Waals surface area contributed by atoms with Crippen LogP contribution in [0.25, 0.3) is 10.4 Å². The molecule has 0 N–H and O–H groups in total. The predicted molar refractivity (Wildman–Crippen MR) is 83.8 cm³/mol. The lowest BCUT2D eigenvalue weighted by atomic mass is 10.1. The van der Waals surface area contributed by atoms with Crippen LogP contribution in [0.5, 0.6) is 0 Å². The van der Waals surface area contributed by atoms with Gasteiger partial charge in [0.05, 0.1) is 4.88 Å². The molecule has 7 heteroatoms. The standard InChI is InChI=1S/C14H15ClN4OS/c1-18-6-8-19(9-7-18)14(20)12-13(21-17-16-12)10-2-4-11(15)5-3-10/h2-5H,6-9H2,1H3. The Labute approximate surface area is 132 Å². The van der Waals surface area contributed by atoms with E-state index in [1.54, 1.807) is 12.1 Å². The van der Waals surface area contributed by atoms with Crippen molar-refractivity contribution in [1.82, 2.24) is 19.4 Å². The number of benzene rings is 1. The van der Waals surface area contributed by atoms with E-state index in [1.165, 1.54) is 11.5 Å². The summed E-state index contributed by atoms with van der Waals surface area (Å²) in [7, 11) is 2.06. The van der Waals surface area contributed by atoms with Crippen LogP contribution in [0, 0.1) is 0 Å². The predicted octanol–water partition coefficient (Wildman–Crippen LogP) is 2.25. The lowest BCUT2D eigenvalue weighted by molar-refractivity contribution is 0.0659. The summed E-state index contributed by atoms with van der Waals surface area (Å²) in [5, 5.41) is 4.71. The molecule has 110 valence electrons. The van der Waals surface area contributed by atoms with Gasteiger partial charge < -0.3 is 9.80 Å². The molecular weight excluding hydrogens is 308 g/mol. The molecule has 21 heavy (non-hydrogen) atoms. The molecule has 0 saturated carbocycles. The minimum absolute atomic E-state index is 0.0400. The van der Waals surface area contributed by atoms with E-state index in [2.05, 4.69) is 21.5 Å². The number of halogens is 1. The van der Waals surface area contributed by atoms with E-state index in [-0.39, 0.29) is 5.91 Å². The molecule has 1 aromatic heterocycles. The molecule has 1 aliphatic rings. The van der Waals surface area contributed by atoms with Crippen molar-refractivity contribution in [2.45, 2.75) is 0 Å². The fourth-order valence-electron chi connectivity index (χ4n) is 2.28. The Bertz CT molecular complexity index is 635. The third-order valence-electron chi connectivity index (χ3n) is 3.59. The second-order valence-corrected chi connectivity index (χ2v) is 6.24. The van der Waals surface area contributed by atoms with Crippen molar-refractivity contribution < 1.29 is 4.79 Å². The minimum atomic E-state index is -0.0400. The van der Waals surface area contributed by atoms with Crippen molar-refractivity contribution >= 4 is 29.0 Å². The molecule has 1 aromatic carbocycles. The molecule has 0 unspecified atom stereocenters.